The zero-order valence-electron chi connectivity index (χ0n) is 11.3. The third-order valence-corrected chi connectivity index (χ3v) is 3.05. The Labute approximate surface area is 118 Å². The van der Waals surface area contributed by atoms with E-state index in [1.165, 1.54) is 0 Å². The van der Waals surface area contributed by atoms with Crippen LogP contribution in [0.1, 0.15) is 6.92 Å². The van der Waals surface area contributed by atoms with Gasteiger partial charge in [0.05, 0.1) is 17.8 Å². The predicted molar refractivity (Wildman–Crippen MR) is 82.6 cm³/mol. The van der Waals surface area contributed by atoms with Gasteiger partial charge < -0.3 is 10.1 Å². The van der Waals surface area contributed by atoms with Gasteiger partial charge >= 0.3 is 0 Å². The Morgan fingerprint density at radius 3 is 2.65 bits per heavy atom. The molecule has 3 heteroatoms. The molecule has 0 saturated heterocycles. The Balaban J connectivity index is 1.93. The number of para-hydroxylation sites is 3. The van der Waals surface area contributed by atoms with Gasteiger partial charge in [-0.1, -0.05) is 30.3 Å². The lowest BCUT2D eigenvalue weighted by Gasteiger charge is -2.12. The number of aromatic nitrogens is 1. The molecule has 3 nitrogen and oxygen atoms in total. The van der Waals surface area contributed by atoms with Crippen LogP contribution in [0, 0.1) is 0 Å². The average Bonchev–Trinajstić information content (AvgIpc) is 2.49. The minimum Gasteiger partial charge on any atom is -0.492 e. The average molecular weight is 264 g/mol. The van der Waals surface area contributed by atoms with Crippen molar-refractivity contribution in [3.8, 4) is 5.75 Å². The third kappa shape index (κ3) is 2.57. The molecule has 0 amide bonds. The van der Waals surface area contributed by atoms with E-state index in [-0.39, 0.29) is 0 Å². The number of nitrogens with zero attached hydrogens (tertiary/aromatic N) is 1. The molecule has 0 radical (unpaired) electrons. The molecule has 0 atom stereocenters. The van der Waals surface area contributed by atoms with E-state index in [0.717, 1.165) is 28.2 Å². The van der Waals surface area contributed by atoms with Crippen molar-refractivity contribution in [2.24, 2.45) is 0 Å². The molecule has 0 aliphatic heterocycles. The van der Waals surface area contributed by atoms with Gasteiger partial charge in [-0.15, -0.1) is 0 Å². The Bertz CT molecular complexity index is 725. The number of hydrogen-bond acceptors (Lipinski definition) is 3. The fourth-order valence-corrected chi connectivity index (χ4v) is 2.12. The zero-order valence-corrected chi connectivity index (χ0v) is 11.3. The maximum Gasteiger partial charge on any atom is 0.142 e. The van der Waals surface area contributed by atoms with Crippen molar-refractivity contribution in [3.63, 3.8) is 0 Å². The lowest BCUT2D eigenvalue weighted by Crippen LogP contribution is -1.98. The van der Waals surface area contributed by atoms with Crippen molar-refractivity contribution in [2.45, 2.75) is 6.92 Å². The molecule has 20 heavy (non-hydrogen) atoms. The molecule has 0 fully saturated rings. The fraction of sp³-hybridized carbons (Fsp3) is 0.118. The van der Waals surface area contributed by atoms with Crippen LogP contribution in [0.2, 0.25) is 0 Å². The second-order valence-electron chi connectivity index (χ2n) is 4.44. The van der Waals surface area contributed by atoms with Gasteiger partial charge in [0.25, 0.3) is 0 Å². The van der Waals surface area contributed by atoms with E-state index < -0.39 is 0 Å². The summed E-state index contributed by atoms with van der Waals surface area (Å²) in [5.74, 6) is 1.65. The van der Waals surface area contributed by atoms with Gasteiger partial charge in [0.2, 0.25) is 0 Å². The maximum absolute atomic E-state index is 5.61. The molecule has 1 heterocycles. The first-order valence-electron chi connectivity index (χ1n) is 6.71. The number of pyridine rings is 1. The first-order valence-corrected chi connectivity index (χ1v) is 6.71. The molecule has 0 spiro atoms. The number of ether oxygens (including phenoxy) is 1. The molecule has 1 aromatic heterocycles. The quantitative estimate of drug-likeness (QED) is 0.759. The standard InChI is InChI=1S/C17H16N2O/c1-2-20-16-10-6-5-9-15(16)19-17-12-11-13-7-3-4-8-14(13)18-17/h3-12H,2H2,1H3,(H,18,19). The van der Waals surface area contributed by atoms with Gasteiger partial charge in [-0.3, -0.25) is 0 Å². The topological polar surface area (TPSA) is 34.1 Å². The van der Waals surface area contributed by atoms with Gasteiger partial charge in [-0.25, -0.2) is 4.98 Å². The van der Waals surface area contributed by atoms with Crippen LogP contribution in [-0.4, -0.2) is 11.6 Å². The van der Waals surface area contributed by atoms with Crippen LogP contribution in [0.4, 0.5) is 11.5 Å². The highest BCUT2D eigenvalue weighted by Crippen LogP contribution is 2.27. The Kier molecular flexibility index (Phi) is 3.50. The molecular weight excluding hydrogens is 248 g/mol. The minimum atomic E-state index is 0.643. The number of fused-ring (bicyclic) bond motifs is 1. The molecule has 2 aromatic carbocycles. The van der Waals surface area contributed by atoms with Gasteiger partial charge in [-0.2, -0.15) is 0 Å². The van der Waals surface area contributed by atoms with E-state index in [1.54, 1.807) is 0 Å². The summed E-state index contributed by atoms with van der Waals surface area (Å²) in [7, 11) is 0. The Morgan fingerprint density at radius 1 is 0.950 bits per heavy atom. The van der Waals surface area contributed by atoms with Crippen LogP contribution in [0.5, 0.6) is 5.75 Å². The second kappa shape index (κ2) is 5.61. The summed E-state index contributed by atoms with van der Waals surface area (Å²) < 4.78 is 5.61. The van der Waals surface area contributed by atoms with Crippen LogP contribution in [-0.2, 0) is 0 Å². The van der Waals surface area contributed by atoms with Gasteiger partial charge in [-0.05, 0) is 37.3 Å². The number of rotatable bonds is 4. The molecule has 100 valence electrons. The van der Waals surface area contributed by atoms with Crippen molar-refractivity contribution >= 4 is 22.4 Å². The molecule has 0 unspecified atom stereocenters. The van der Waals surface area contributed by atoms with Crippen molar-refractivity contribution in [1.29, 1.82) is 0 Å². The smallest absolute Gasteiger partial charge is 0.142 e. The van der Waals surface area contributed by atoms with Crippen LogP contribution >= 0.6 is 0 Å². The molecule has 0 aliphatic rings. The zero-order chi connectivity index (χ0) is 13.8. The predicted octanol–water partition coefficient (Wildman–Crippen LogP) is 4.38. The number of nitrogens with one attached hydrogen (secondary N) is 1. The Hall–Kier alpha value is -2.55. The molecule has 0 bridgehead atoms. The van der Waals surface area contributed by atoms with E-state index in [1.807, 2.05) is 55.5 Å². The summed E-state index contributed by atoms with van der Waals surface area (Å²) in [4.78, 5) is 4.61. The maximum atomic E-state index is 5.61. The number of anilines is 2. The van der Waals surface area contributed by atoms with Crippen molar-refractivity contribution in [1.82, 2.24) is 4.98 Å². The number of benzene rings is 2. The normalized spacial score (nSPS) is 10.4. The van der Waals surface area contributed by atoms with E-state index in [9.17, 15) is 0 Å². The monoisotopic (exact) mass is 264 g/mol. The summed E-state index contributed by atoms with van der Waals surface area (Å²) in [5, 5.41) is 4.45. The highest BCUT2D eigenvalue weighted by atomic mass is 16.5. The van der Waals surface area contributed by atoms with Crippen LogP contribution < -0.4 is 10.1 Å². The van der Waals surface area contributed by atoms with Crippen molar-refractivity contribution < 1.29 is 4.74 Å². The van der Waals surface area contributed by atoms with Crippen molar-refractivity contribution in [3.05, 3.63) is 60.7 Å². The largest absolute Gasteiger partial charge is 0.492 e. The lowest BCUT2D eigenvalue weighted by molar-refractivity contribution is 0.342. The molecule has 1 N–H and O–H groups in total. The summed E-state index contributed by atoms with van der Waals surface area (Å²) in [6, 6.07) is 20.0. The molecule has 3 rings (SSSR count). The second-order valence-corrected chi connectivity index (χ2v) is 4.44. The molecule has 0 aliphatic carbocycles. The third-order valence-electron chi connectivity index (χ3n) is 3.05. The van der Waals surface area contributed by atoms with Gasteiger partial charge in [0, 0.05) is 5.39 Å². The van der Waals surface area contributed by atoms with Gasteiger partial charge in [0.1, 0.15) is 11.6 Å². The summed E-state index contributed by atoms with van der Waals surface area (Å²) in [5.41, 5.74) is 1.91. The van der Waals surface area contributed by atoms with Crippen LogP contribution in [0.25, 0.3) is 10.9 Å². The summed E-state index contributed by atoms with van der Waals surface area (Å²) in [6.45, 7) is 2.62. The van der Waals surface area contributed by atoms with E-state index in [0.29, 0.717) is 6.61 Å². The van der Waals surface area contributed by atoms with Crippen LogP contribution in [0.15, 0.2) is 60.7 Å². The summed E-state index contributed by atoms with van der Waals surface area (Å²) >= 11 is 0. The SMILES string of the molecule is CCOc1ccccc1Nc1ccc2ccccc2n1. The minimum absolute atomic E-state index is 0.643. The first kappa shape index (κ1) is 12.5. The number of hydrogen-bond donors (Lipinski definition) is 1. The van der Waals surface area contributed by atoms with E-state index in [4.69, 9.17) is 4.74 Å². The van der Waals surface area contributed by atoms with Crippen LogP contribution in [0.3, 0.4) is 0 Å². The molecular formula is C17H16N2O. The highest BCUT2D eigenvalue weighted by Gasteiger charge is 2.04. The van der Waals surface area contributed by atoms with E-state index in [2.05, 4.69) is 22.4 Å². The Morgan fingerprint density at radius 2 is 1.75 bits per heavy atom. The van der Waals surface area contributed by atoms with E-state index >= 15 is 0 Å². The van der Waals surface area contributed by atoms with Gasteiger partial charge in [0.15, 0.2) is 0 Å². The lowest BCUT2D eigenvalue weighted by atomic mass is 10.2. The molecule has 3 aromatic rings. The highest BCUT2D eigenvalue weighted by molar-refractivity contribution is 5.81. The fourth-order valence-electron chi connectivity index (χ4n) is 2.12. The van der Waals surface area contributed by atoms with Crippen molar-refractivity contribution in [2.75, 3.05) is 11.9 Å². The first-order chi connectivity index (χ1) is 9.86. The summed E-state index contributed by atoms with van der Waals surface area (Å²) in [6.07, 6.45) is 0. The molecule has 0 saturated carbocycles.